The predicted molar refractivity (Wildman–Crippen MR) is 95.5 cm³/mol. The third kappa shape index (κ3) is 49.7. The van der Waals surface area contributed by atoms with Crippen molar-refractivity contribution in [3.8, 4) is 0 Å². The van der Waals surface area contributed by atoms with Crippen molar-refractivity contribution in [1.29, 1.82) is 0 Å². The van der Waals surface area contributed by atoms with Crippen LogP contribution in [0.2, 0.25) is 10.5 Å². The minimum atomic E-state index is 0. The van der Waals surface area contributed by atoms with Gasteiger partial charge in [-0.3, -0.25) is 12.2 Å². The summed E-state index contributed by atoms with van der Waals surface area (Å²) in [7, 11) is 0. The van der Waals surface area contributed by atoms with E-state index >= 15 is 0 Å². The Morgan fingerprint density at radius 1 is 0.773 bits per heavy atom. The molecule has 134 valence electrons. The molecular weight excluding hydrogens is 451 g/mol. The molecule has 0 heterocycles. The molecule has 0 saturated heterocycles. The molecule has 2 aliphatic rings. The van der Waals surface area contributed by atoms with Crippen molar-refractivity contribution in [2.45, 2.75) is 37.2 Å². The van der Waals surface area contributed by atoms with Crippen molar-refractivity contribution in [1.82, 2.24) is 0 Å². The summed E-state index contributed by atoms with van der Waals surface area (Å²) in [4.78, 5) is 0. The number of allylic oxidation sites excluding steroid dienone is 8. The Balaban J connectivity index is -0.0000000192. The molecule has 2 rings (SSSR count). The fourth-order valence-electron chi connectivity index (χ4n) is 0.930. The quantitative estimate of drug-likeness (QED) is 0.383. The molecule has 2 radical (unpaired) electrons. The molecular formula is C18H32Cl2GeZr-8. The summed E-state index contributed by atoms with van der Waals surface area (Å²) in [6.45, 7) is 4.53. The van der Waals surface area contributed by atoms with Gasteiger partial charge in [-0.25, -0.2) is 24.3 Å². The fourth-order valence-corrected chi connectivity index (χ4v) is 1.98. The van der Waals surface area contributed by atoms with Gasteiger partial charge in [0.25, 0.3) is 0 Å². The molecule has 0 nitrogen and oxygen atoms in total. The zero-order chi connectivity index (χ0) is 11.2. The molecule has 0 bridgehead atoms. The summed E-state index contributed by atoms with van der Waals surface area (Å²) >= 11 is 0.528. The van der Waals surface area contributed by atoms with Crippen molar-refractivity contribution < 1.29 is 51.0 Å². The Kier molecular flexibility index (Phi) is 111. The van der Waals surface area contributed by atoms with Crippen LogP contribution in [0.15, 0.2) is 36.5 Å². The molecule has 0 aliphatic heterocycles. The molecule has 0 aromatic heterocycles. The van der Waals surface area contributed by atoms with Crippen LogP contribution in [0.3, 0.4) is 0 Å². The van der Waals surface area contributed by atoms with Gasteiger partial charge in [0.1, 0.15) is 0 Å². The van der Waals surface area contributed by atoms with Crippen LogP contribution in [-0.2, 0) is 26.2 Å². The van der Waals surface area contributed by atoms with E-state index in [-0.39, 0.29) is 80.7 Å². The second kappa shape index (κ2) is 49.5. The Hall–Kier alpha value is 0.966. The molecule has 0 aromatic carbocycles. The summed E-state index contributed by atoms with van der Waals surface area (Å²) in [6, 6.07) is 0. The van der Waals surface area contributed by atoms with E-state index in [2.05, 4.69) is 38.2 Å². The van der Waals surface area contributed by atoms with E-state index in [9.17, 15) is 0 Å². The number of rotatable bonds is 2. The summed E-state index contributed by atoms with van der Waals surface area (Å²) in [5.74, 6) is 0. The maximum Gasteiger partial charge on any atom is 0 e. The van der Waals surface area contributed by atoms with E-state index in [1.165, 1.54) is 10.5 Å². The van der Waals surface area contributed by atoms with E-state index in [1.807, 2.05) is 24.3 Å². The molecule has 2 aliphatic carbocycles. The van der Waals surface area contributed by atoms with E-state index < -0.39 is 0 Å². The molecule has 4 heteroatoms. The molecule has 0 amide bonds. The number of halogens is 2. The summed E-state index contributed by atoms with van der Waals surface area (Å²) in [6.07, 6.45) is 20.0. The summed E-state index contributed by atoms with van der Waals surface area (Å²) in [5, 5.41) is 2.94. The zero-order valence-electron chi connectivity index (χ0n) is 15.0. The Labute approximate surface area is 180 Å². The van der Waals surface area contributed by atoms with Gasteiger partial charge in [0.05, 0.1) is 0 Å². The largest absolute Gasteiger partial charge is 1.00 e. The minimum Gasteiger partial charge on any atom is -1.00 e. The van der Waals surface area contributed by atoms with Gasteiger partial charge in [-0.05, 0) is 0 Å². The number of hydrogen-bond donors (Lipinski definition) is 0. The Bertz CT molecular complexity index is 193. The molecule has 0 N–H and O–H groups in total. The van der Waals surface area contributed by atoms with E-state index in [4.69, 9.17) is 0 Å². The topological polar surface area (TPSA) is 0 Å². The van der Waals surface area contributed by atoms with Crippen LogP contribution in [0.25, 0.3) is 0 Å². The van der Waals surface area contributed by atoms with Crippen molar-refractivity contribution >= 4 is 15.4 Å². The van der Waals surface area contributed by atoms with Crippen molar-refractivity contribution in [3.05, 3.63) is 78.3 Å². The first-order valence-electron chi connectivity index (χ1n) is 5.56. The normalized spacial score (nSPS) is 9.91. The van der Waals surface area contributed by atoms with Crippen LogP contribution in [0.1, 0.15) is 26.7 Å². The standard InChI is InChI=1S/2C5H5.C4H10Ge.4CH3.2ClH.Zr/c2*1-2-4-5-3-1;1-3-5-4-2;;;;;;;/h2*1-3H,4H2;3-4H2,1-2H3;4*1H3;2*1H;/q2*-1;;4*-1;;;/p-2. The molecule has 0 fully saturated rings. The number of hydrogen-bond acceptors (Lipinski definition) is 0. The van der Waals surface area contributed by atoms with E-state index in [0.717, 1.165) is 12.8 Å². The van der Waals surface area contributed by atoms with Crippen LogP contribution in [-0.4, -0.2) is 15.4 Å². The van der Waals surface area contributed by atoms with E-state index in [0.29, 0.717) is 15.4 Å². The molecule has 0 spiro atoms. The third-order valence-electron chi connectivity index (χ3n) is 1.67. The van der Waals surface area contributed by atoms with Crippen LogP contribution >= 0.6 is 0 Å². The van der Waals surface area contributed by atoms with Crippen LogP contribution in [0.4, 0.5) is 0 Å². The van der Waals surface area contributed by atoms with Gasteiger partial charge in [-0.15, -0.1) is 12.8 Å². The predicted octanol–water partition coefficient (Wildman–Crippen LogP) is -0.0150. The summed E-state index contributed by atoms with van der Waals surface area (Å²) in [5.41, 5.74) is 0. The molecule has 0 atom stereocenters. The fraction of sp³-hybridized carbons (Fsp3) is 0.333. The van der Waals surface area contributed by atoms with Gasteiger partial charge in [0.2, 0.25) is 0 Å². The van der Waals surface area contributed by atoms with Gasteiger partial charge in [0, 0.05) is 26.2 Å². The third-order valence-corrected chi connectivity index (χ3v) is 3.77. The second-order valence-electron chi connectivity index (χ2n) is 2.96. The van der Waals surface area contributed by atoms with Gasteiger partial charge >= 0.3 is 39.8 Å². The maximum atomic E-state index is 2.99. The smallest absolute Gasteiger partial charge is 0 e. The van der Waals surface area contributed by atoms with Gasteiger partial charge in [-0.1, -0.05) is 0 Å². The van der Waals surface area contributed by atoms with Crippen molar-refractivity contribution in [2.24, 2.45) is 0 Å². The first-order chi connectivity index (χ1) is 7.41. The SMILES string of the molecule is C[CH2][Ge][CH2]C.[C-]1=CC=CC1.[C-]1=CC=CC1.[CH3-].[CH3-].[CH3-].[CH3-].[Cl-].[Cl-].[Zr]. The average Bonchev–Trinajstić information content (AvgIpc) is 2.99. The monoisotopic (exact) mass is 482 g/mol. The second-order valence-corrected chi connectivity index (χ2v) is 6.98. The molecule has 0 saturated carbocycles. The van der Waals surface area contributed by atoms with Crippen LogP contribution in [0.5, 0.6) is 0 Å². The molecule has 22 heavy (non-hydrogen) atoms. The van der Waals surface area contributed by atoms with Crippen LogP contribution < -0.4 is 24.8 Å². The van der Waals surface area contributed by atoms with Gasteiger partial charge in [-0.2, -0.15) is 12.2 Å². The van der Waals surface area contributed by atoms with Crippen molar-refractivity contribution in [2.75, 3.05) is 0 Å². The Morgan fingerprint density at radius 2 is 1.09 bits per heavy atom. The van der Waals surface area contributed by atoms with Gasteiger partial charge < -0.3 is 54.5 Å². The van der Waals surface area contributed by atoms with Crippen LogP contribution in [0, 0.1) is 41.9 Å². The zero-order valence-corrected chi connectivity index (χ0v) is 21.1. The molecule has 0 aromatic rings. The molecule has 0 unspecified atom stereocenters. The van der Waals surface area contributed by atoms with Gasteiger partial charge in [0.15, 0.2) is 0 Å². The van der Waals surface area contributed by atoms with Crippen molar-refractivity contribution in [3.63, 3.8) is 0 Å². The first-order valence-corrected chi connectivity index (χ1v) is 8.52. The minimum absolute atomic E-state index is 0. The van der Waals surface area contributed by atoms with E-state index in [1.54, 1.807) is 0 Å². The summed E-state index contributed by atoms with van der Waals surface area (Å²) < 4.78 is 0. The average molecular weight is 483 g/mol. The first kappa shape index (κ1) is 49.5. The Morgan fingerprint density at radius 3 is 1.14 bits per heavy atom. The maximum absolute atomic E-state index is 2.99.